The van der Waals surface area contributed by atoms with Crippen LogP contribution in [0.25, 0.3) is 120 Å². The first-order valence-electron chi connectivity index (χ1n) is 24.1. The Bertz CT molecular complexity index is 4460. The Morgan fingerprint density at radius 1 is 0.324 bits per heavy atom. The molecule has 14 aromatic rings. The highest BCUT2D eigenvalue weighted by atomic mass is 79.9. The highest BCUT2D eigenvalue weighted by molar-refractivity contribution is 9.10. The largest absolute Gasteiger partial charge is 0.489 e. The molecule has 348 valence electrons. The molecular formula is C66H40BBrN2O4. The molecule has 8 heteroatoms. The van der Waals surface area contributed by atoms with Gasteiger partial charge in [0.05, 0.1) is 23.3 Å². The molecule has 0 aliphatic rings. The maximum atomic E-state index is 9.94. The smallest absolute Gasteiger partial charge is 0.456 e. The minimum absolute atomic E-state index is 0.566. The van der Waals surface area contributed by atoms with E-state index < -0.39 is 7.12 Å². The SMILES string of the molecule is N#Cc1ccc2oc3ccc(-c4c5ccccc5c(-c5ccccc5)c5ccccc45)cc3c2c1.N#Cc1ccc2oc3ccc(Br)cc3c2c1.OB(O)c1c2ccccc2c(-c2ccccc2)c2ccccc12. The predicted octanol–water partition coefficient (Wildman–Crippen LogP) is 16.7. The topological polar surface area (TPSA) is 114 Å². The van der Waals surface area contributed by atoms with E-state index in [-0.39, 0.29) is 0 Å². The number of furan rings is 2. The van der Waals surface area contributed by atoms with E-state index in [0.29, 0.717) is 16.6 Å². The van der Waals surface area contributed by atoms with Crippen LogP contribution in [0.5, 0.6) is 0 Å². The highest BCUT2D eigenvalue weighted by Gasteiger charge is 2.22. The molecule has 0 amide bonds. The third-order valence-corrected chi connectivity index (χ3v) is 14.2. The zero-order valence-corrected chi connectivity index (χ0v) is 41.1. The number of fused-ring (bicyclic) bond motifs is 10. The van der Waals surface area contributed by atoms with Crippen LogP contribution < -0.4 is 5.46 Å². The van der Waals surface area contributed by atoms with E-state index in [4.69, 9.17) is 14.1 Å². The summed E-state index contributed by atoms with van der Waals surface area (Å²) < 4.78 is 12.8. The molecule has 0 radical (unpaired) electrons. The fourth-order valence-electron chi connectivity index (χ4n) is 10.5. The molecule has 2 aromatic heterocycles. The number of halogens is 1. The molecule has 0 bridgehead atoms. The van der Waals surface area contributed by atoms with Crippen molar-refractivity contribution in [1.29, 1.82) is 10.5 Å². The summed E-state index contributed by atoms with van der Waals surface area (Å²) in [4.78, 5) is 0. The Kier molecular flexibility index (Phi) is 12.0. The van der Waals surface area contributed by atoms with Crippen molar-refractivity contribution in [2.75, 3.05) is 0 Å². The van der Waals surface area contributed by atoms with Gasteiger partial charge in [-0.3, -0.25) is 0 Å². The maximum absolute atomic E-state index is 9.94. The Morgan fingerprint density at radius 3 is 1.05 bits per heavy atom. The normalized spacial score (nSPS) is 11.1. The van der Waals surface area contributed by atoms with E-state index >= 15 is 0 Å². The first-order valence-corrected chi connectivity index (χ1v) is 24.9. The van der Waals surface area contributed by atoms with Crippen LogP contribution >= 0.6 is 15.9 Å². The molecule has 0 spiro atoms. The van der Waals surface area contributed by atoms with E-state index in [1.165, 1.54) is 38.2 Å². The zero-order chi connectivity index (χ0) is 50.3. The molecule has 0 aliphatic heterocycles. The average Bonchev–Trinajstić information content (AvgIpc) is 4.01. The van der Waals surface area contributed by atoms with Gasteiger partial charge in [-0.05, 0) is 149 Å². The molecule has 2 N–H and O–H groups in total. The van der Waals surface area contributed by atoms with Crippen LogP contribution in [0, 0.1) is 22.7 Å². The molecule has 74 heavy (non-hydrogen) atoms. The van der Waals surface area contributed by atoms with Gasteiger partial charge in [0.2, 0.25) is 0 Å². The molecule has 0 atom stereocenters. The first kappa shape index (κ1) is 45.8. The van der Waals surface area contributed by atoms with Crippen molar-refractivity contribution >= 4 is 115 Å². The molecule has 0 unspecified atom stereocenters. The Balaban J connectivity index is 0.000000122. The Hall–Kier alpha value is -9.28. The molecule has 6 nitrogen and oxygen atoms in total. The van der Waals surface area contributed by atoms with E-state index in [0.717, 1.165) is 86.6 Å². The summed E-state index contributed by atoms with van der Waals surface area (Å²) in [6.07, 6.45) is 0. The summed E-state index contributed by atoms with van der Waals surface area (Å²) in [5.74, 6) is 0. The van der Waals surface area contributed by atoms with Crippen LogP contribution in [0.4, 0.5) is 0 Å². The van der Waals surface area contributed by atoms with Gasteiger partial charge in [0, 0.05) is 26.0 Å². The van der Waals surface area contributed by atoms with Gasteiger partial charge in [-0.25, -0.2) is 0 Å². The van der Waals surface area contributed by atoms with Crippen LogP contribution in [0.1, 0.15) is 11.1 Å². The predicted molar refractivity (Wildman–Crippen MR) is 307 cm³/mol. The van der Waals surface area contributed by atoms with Crippen molar-refractivity contribution in [3.05, 3.63) is 246 Å². The molecule has 12 aromatic carbocycles. The molecule has 0 fully saturated rings. The Labute approximate surface area is 434 Å². The van der Waals surface area contributed by atoms with Gasteiger partial charge in [0.25, 0.3) is 0 Å². The lowest BCUT2D eigenvalue weighted by atomic mass is 9.72. The highest BCUT2D eigenvalue weighted by Crippen LogP contribution is 2.45. The van der Waals surface area contributed by atoms with Gasteiger partial charge in [-0.1, -0.05) is 180 Å². The summed E-state index contributed by atoms with van der Waals surface area (Å²) in [6.45, 7) is 0. The fraction of sp³-hybridized carbons (Fsp3) is 0. The van der Waals surface area contributed by atoms with Crippen LogP contribution in [0.2, 0.25) is 0 Å². The zero-order valence-electron chi connectivity index (χ0n) is 39.5. The second kappa shape index (κ2) is 19.4. The number of hydrogen-bond acceptors (Lipinski definition) is 6. The van der Waals surface area contributed by atoms with Crippen LogP contribution in [-0.2, 0) is 0 Å². The van der Waals surface area contributed by atoms with E-state index in [1.54, 1.807) is 12.1 Å². The van der Waals surface area contributed by atoms with Gasteiger partial charge >= 0.3 is 7.12 Å². The number of hydrogen-bond donors (Lipinski definition) is 2. The van der Waals surface area contributed by atoms with Crippen molar-refractivity contribution in [2.24, 2.45) is 0 Å². The average molecular weight is 1020 g/mol. The number of nitriles is 2. The summed E-state index contributed by atoms with van der Waals surface area (Å²) in [5, 5.41) is 50.9. The van der Waals surface area contributed by atoms with Crippen LogP contribution in [0.15, 0.2) is 244 Å². The third-order valence-electron chi connectivity index (χ3n) is 13.7. The summed E-state index contributed by atoms with van der Waals surface area (Å²) >= 11 is 3.43. The van der Waals surface area contributed by atoms with Crippen LogP contribution in [-0.4, -0.2) is 17.2 Å². The minimum Gasteiger partial charge on any atom is -0.456 e. The van der Waals surface area contributed by atoms with Gasteiger partial charge in [-0.2, -0.15) is 10.5 Å². The lowest BCUT2D eigenvalue weighted by Crippen LogP contribution is -2.31. The summed E-state index contributed by atoms with van der Waals surface area (Å²) in [6, 6.07) is 81.7. The van der Waals surface area contributed by atoms with E-state index in [2.05, 4.69) is 131 Å². The summed E-state index contributed by atoms with van der Waals surface area (Å²) in [5.41, 5.74) is 12.2. The second-order valence-corrected chi connectivity index (χ2v) is 18.9. The maximum Gasteiger partial charge on any atom is 0.489 e. The van der Waals surface area contributed by atoms with Crippen molar-refractivity contribution in [3.63, 3.8) is 0 Å². The molecule has 0 saturated heterocycles. The van der Waals surface area contributed by atoms with Crippen molar-refractivity contribution in [3.8, 4) is 45.5 Å². The van der Waals surface area contributed by atoms with E-state index in [9.17, 15) is 15.3 Å². The standard InChI is InChI=1S/C33H19NO.C20H15BO2.C13H6BrNO/c34-20-21-14-16-30-28(18-21)29-19-23(15-17-31(29)35-30)33-26-12-6-4-10-24(26)32(22-8-2-1-3-9-22)25-11-5-7-13-27(25)33;22-21(23)20-17-12-6-4-10-15(17)19(14-8-2-1-3-9-14)16-11-5-7-13-18(16)20;14-9-2-4-13-11(6-9)10-5-8(7-15)1-3-12(10)16-13/h1-19H;1-13,22-23H;1-6H. The lowest BCUT2D eigenvalue weighted by molar-refractivity contribution is 0.426. The first-order chi connectivity index (χ1) is 36.4. The summed E-state index contributed by atoms with van der Waals surface area (Å²) in [7, 11) is -1.50. The monoisotopic (exact) mass is 1010 g/mol. The molecule has 2 heterocycles. The van der Waals surface area contributed by atoms with E-state index in [1.807, 2.05) is 115 Å². The van der Waals surface area contributed by atoms with Crippen molar-refractivity contribution < 1.29 is 18.9 Å². The number of nitrogens with zero attached hydrogens (tertiary/aromatic N) is 2. The Morgan fingerprint density at radius 2 is 0.649 bits per heavy atom. The molecule has 0 saturated carbocycles. The second-order valence-electron chi connectivity index (χ2n) is 18.0. The van der Waals surface area contributed by atoms with Gasteiger partial charge in [-0.15, -0.1) is 0 Å². The number of benzene rings is 12. The minimum atomic E-state index is -1.50. The van der Waals surface area contributed by atoms with Crippen molar-refractivity contribution in [1.82, 2.24) is 0 Å². The molecule has 14 rings (SSSR count). The van der Waals surface area contributed by atoms with Gasteiger partial charge in [0.1, 0.15) is 22.3 Å². The molecule has 0 aliphatic carbocycles. The fourth-order valence-corrected chi connectivity index (χ4v) is 10.9. The van der Waals surface area contributed by atoms with Crippen LogP contribution in [0.3, 0.4) is 0 Å². The molecular weight excluding hydrogens is 975 g/mol. The lowest BCUT2D eigenvalue weighted by Gasteiger charge is -2.17. The van der Waals surface area contributed by atoms with Crippen molar-refractivity contribution in [2.45, 2.75) is 0 Å². The van der Waals surface area contributed by atoms with Gasteiger partial charge < -0.3 is 18.9 Å². The third kappa shape index (κ3) is 8.20. The number of rotatable bonds is 4. The van der Waals surface area contributed by atoms with Gasteiger partial charge in [0.15, 0.2) is 0 Å². The quantitative estimate of drug-likeness (QED) is 0.134.